The van der Waals surface area contributed by atoms with E-state index in [0.717, 1.165) is 40.4 Å². The Balaban J connectivity index is 2.25. The van der Waals surface area contributed by atoms with Crippen molar-refractivity contribution < 1.29 is 9.90 Å². The Kier molecular flexibility index (Phi) is 3.98. The molecule has 1 N–H and O–H groups in total. The predicted octanol–water partition coefficient (Wildman–Crippen LogP) is 4.64. The molecule has 5 heteroatoms. The van der Waals surface area contributed by atoms with Gasteiger partial charge in [0.25, 0.3) is 0 Å². The van der Waals surface area contributed by atoms with Gasteiger partial charge in [0.1, 0.15) is 4.88 Å². The minimum Gasteiger partial charge on any atom is -0.477 e. The van der Waals surface area contributed by atoms with Crippen molar-refractivity contribution in [1.82, 2.24) is 9.38 Å². The number of hydrogen-bond donors (Lipinski definition) is 1. The van der Waals surface area contributed by atoms with Crippen molar-refractivity contribution in [2.45, 2.75) is 40.5 Å². The molecule has 0 atom stereocenters. The number of benzene rings is 1. The van der Waals surface area contributed by atoms with Gasteiger partial charge in [-0.05, 0) is 32.8 Å². The average molecular weight is 328 g/mol. The molecule has 0 unspecified atom stereocenters. The second-order valence-corrected chi connectivity index (χ2v) is 6.89. The van der Waals surface area contributed by atoms with Crippen LogP contribution in [-0.4, -0.2) is 20.5 Å². The van der Waals surface area contributed by atoms with Gasteiger partial charge < -0.3 is 5.11 Å². The van der Waals surface area contributed by atoms with Crippen LogP contribution < -0.4 is 0 Å². The molecule has 0 radical (unpaired) electrons. The lowest BCUT2D eigenvalue weighted by molar-refractivity contribution is 0.0700. The van der Waals surface area contributed by atoms with E-state index in [4.69, 9.17) is 4.98 Å². The van der Waals surface area contributed by atoms with Gasteiger partial charge in [-0.1, -0.05) is 48.4 Å². The monoisotopic (exact) mass is 328 g/mol. The number of hydrogen-bond acceptors (Lipinski definition) is 3. The number of carbonyl (C=O) groups is 1. The van der Waals surface area contributed by atoms with Crippen LogP contribution in [0.25, 0.3) is 16.2 Å². The topological polar surface area (TPSA) is 54.6 Å². The Morgan fingerprint density at radius 1 is 1.30 bits per heavy atom. The summed E-state index contributed by atoms with van der Waals surface area (Å²) >= 11 is 1.26. The lowest BCUT2D eigenvalue weighted by Gasteiger charge is -2.07. The van der Waals surface area contributed by atoms with Crippen LogP contribution in [0, 0.1) is 20.8 Å². The molecule has 3 rings (SSSR count). The maximum Gasteiger partial charge on any atom is 0.347 e. The van der Waals surface area contributed by atoms with Gasteiger partial charge in [-0.2, -0.15) is 0 Å². The van der Waals surface area contributed by atoms with Crippen molar-refractivity contribution in [1.29, 1.82) is 0 Å². The van der Waals surface area contributed by atoms with E-state index in [0.29, 0.717) is 4.88 Å². The van der Waals surface area contributed by atoms with Gasteiger partial charge in [-0.25, -0.2) is 9.78 Å². The number of carboxylic acids is 1. The van der Waals surface area contributed by atoms with Crippen LogP contribution in [0.4, 0.5) is 0 Å². The zero-order chi connectivity index (χ0) is 16.7. The van der Waals surface area contributed by atoms with Crippen molar-refractivity contribution >= 4 is 22.3 Å². The third-order valence-corrected chi connectivity index (χ3v) is 5.19. The number of thiazole rings is 1. The first kappa shape index (κ1) is 15.7. The fourth-order valence-electron chi connectivity index (χ4n) is 3.08. The quantitative estimate of drug-likeness (QED) is 0.759. The van der Waals surface area contributed by atoms with Crippen molar-refractivity contribution in [2.75, 3.05) is 0 Å². The molecule has 0 bridgehead atoms. The van der Waals surface area contributed by atoms with Gasteiger partial charge in [0.05, 0.1) is 5.69 Å². The first-order valence-corrected chi connectivity index (χ1v) is 8.57. The normalized spacial score (nSPS) is 11.3. The van der Waals surface area contributed by atoms with E-state index < -0.39 is 5.97 Å². The first-order chi connectivity index (χ1) is 10.9. The number of aromatic nitrogens is 2. The van der Waals surface area contributed by atoms with Crippen LogP contribution in [0.3, 0.4) is 0 Å². The first-order valence-electron chi connectivity index (χ1n) is 7.75. The Morgan fingerprint density at radius 3 is 2.65 bits per heavy atom. The molecule has 0 aliphatic carbocycles. The van der Waals surface area contributed by atoms with E-state index in [1.165, 1.54) is 22.5 Å². The summed E-state index contributed by atoms with van der Waals surface area (Å²) in [5, 5.41) is 9.43. The van der Waals surface area contributed by atoms with Gasteiger partial charge in [-0.15, -0.1) is 0 Å². The summed E-state index contributed by atoms with van der Waals surface area (Å²) in [4.78, 5) is 17.4. The highest BCUT2D eigenvalue weighted by Gasteiger charge is 2.22. The summed E-state index contributed by atoms with van der Waals surface area (Å²) in [6, 6.07) is 6.34. The van der Waals surface area contributed by atoms with Gasteiger partial charge in [0, 0.05) is 17.0 Å². The Morgan fingerprint density at radius 2 is 2.04 bits per heavy atom. The van der Waals surface area contributed by atoms with Crippen LogP contribution in [0.15, 0.2) is 18.2 Å². The molecule has 0 aliphatic rings. The number of aryl methyl sites for hydroxylation is 4. The van der Waals surface area contributed by atoms with E-state index in [1.807, 2.05) is 11.3 Å². The number of imidazole rings is 1. The number of aromatic carboxylic acids is 1. The lowest BCUT2D eigenvalue weighted by atomic mass is 10.0. The van der Waals surface area contributed by atoms with Crippen LogP contribution >= 0.6 is 11.3 Å². The highest BCUT2D eigenvalue weighted by Crippen LogP contribution is 2.33. The molecular weight excluding hydrogens is 308 g/mol. The summed E-state index contributed by atoms with van der Waals surface area (Å²) in [6.07, 6.45) is 1.65. The number of carboxylic acid groups (broad SMARTS) is 1. The number of nitrogens with zero attached hydrogens (tertiary/aromatic N) is 2. The fourth-order valence-corrected chi connectivity index (χ4v) is 4.13. The molecule has 2 heterocycles. The molecule has 0 saturated carbocycles. The second kappa shape index (κ2) is 5.81. The van der Waals surface area contributed by atoms with E-state index in [-0.39, 0.29) is 0 Å². The molecule has 0 amide bonds. The molecule has 23 heavy (non-hydrogen) atoms. The SMILES string of the molecule is CCCc1c(C(=O)O)sc2nc(-c3ccc(C)cc3C)c(C)n12. The number of fused-ring (bicyclic) bond motifs is 1. The van der Waals surface area contributed by atoms with E-state index >= 15 is 0 Å². The van der Waals surface area contributed by atoms with Gasteiger partial charge in [0.2, 0.25) is 0 Å². The minimum atomic E-state index is -0.864. The van der Waals surface area contributed by atoms with Crippen molar-refractivity contribution in [3.63, 3.8) is 0 Å². The average Bonchev–Trinajstić information content (AvgIpc) is 2.98. The van der Waals surface area contributed by atoms with E-state index in [2.05, 4.69) is 39.0 Å². The minimum absolute atomic E-state index is 0.407. The molecule has 3 aromatic rings. The third-order valence-electron chi connectivity index (χ3n) is 4.12. The largest absolute Gasteiger partial charge is 0.477 e. The zero-order valence-electron chi connectivity index (χ0n) is 13.8. The molecule has 4 nitrogen and oxygen atoms in total. The highest BCUT2D eigenvalue weighted by atomic mass is 32.1. The molecule has 120 valence electrons. The standard InChI is InChI=1S/C18H20N2O2S/c1-5-6-14-16(17(21)22)23-18-19-15(12(4)20(14)18)13-8-7-10(2)9-11(13)3/h7-9H,5-6H2,1-4H3,(H,21,22). The van der Waals surface area contributed by atoms with Gasteiger partial charge >= 0.3 is 5.97 Å². The van der Waals surface area contributed by atoms with Crippen LogP contribution in [0.5, 0.6) is 0 Å². The molecule has 0 aliphatic heterocycles. The molecule has 1 aromatic carbocycles. The summed E-state index contributed by atoms with van der Waals surface area (Å²) in [5.41, 5.74) is 6.35. The van der Waals surface area contributed by atoms with E-state index in [9.17, 15) is 9.90 Å². The Labute approximate surface area is 139 Å². The third kappa shape index (κ3) is 2.55. The van der Waals surface area contributed by atoms with Gasteiger partial charge in [-0.3, -0.25) is 4.40 Å². The maximum absolute atomic E-state index is 11.5. The fraction of sp³-hybridized carbons (Fsp3) is 0.333. The molecule has 0 fully saturated rings. The predicted molar refractivity (Wildman–Crippen MR) is 93.7 cm³/mol. The van der Waals surface area contributed by atoms with Crippen LogP contribution in [0.2, 0.25) is 0 Å². The lowest BCUT2D eigenvalue weighted by Crippen LogP contribution is -2.02. The second-order valence-electron chi connectivity index (χ2n) is 5.92. The van der Waals surface area contributed by atoms with Crippen molar-refractivity contribution in [3.8, 4) is 11.3 Å². The van der Waals surface area contributed by atoms with Crippen LogP contribution in [-0.2, 0) is 6.42 Å². The Bertz CT molecular complexity index is 906. The highest BCUT2D eigenvalue weighted by molar-refractivity contribution is 7.19. The van der Waals surface area contributed by atoms with E-state index in [1.54, 1.807) is 0 Å². The van der Waals surface area contributed by atoms with Gasteiger partial charge in [0.15, 0.2) is 4.96 Å². The summed E-state index contributed by atoms with van der Waals surface area (Å²) in [5.74, 6) is -0.864. The van der Waals surface area contributed by atoms with Crippen LogP contribution in [0.1, 0.15) is 45.5 Å². The number of rotatable bonds is 4. The zero-order valence-corrected chi connectivity index (χ0v) is 14.6. The van der Waals surface area contributed by atoms with Crippen molar-refractivity contribution in [2.24, 2.45) is 0 Å². The molecule has 2 aromatic heterocycles. The summed E-state index contributed by atoms with van der Waals surface area (Å²) in [7, 11) is 0. The molecule has 0 saturated heterocycles. The smallest absolute Gasteiger partial charge is 0.347 e. The Hall–Kier alpha value is -2.14. The summed E-state index contributed by atoms with van der Waals surface area (Å²) in [6.45, 7) is 8.25. The molecular formula is C18H20N2O2S. The van der Waals surface area contributed by atoms with Crippen molar-refractivity contribution in [3.05, 3.63) is 45.6 Å². The summed E-state index contributed by atoms with van der Waals surface area (Å²) < 4.78 is 2.02. The maximum atomic E-state index is 11.5. The molecule has 0 spiro atoms.